The number of pyridine rings is 1. The van der Waals surface area contributed by atoms with Gasteiger partial charge in [-0.3, -0.25) is 4.90 Å². The van der Waals surface area contributed by atoms with Gasteiger partial charge < -0.3 is 14.5 Å². The van der Waals surface area contributed by atoms with Crippen molar-refractivity contribution < 1.29 is 14.3 Å². The van der Waals surface area contributed by atoms with Gasteiger partial charge in [-0.05, 0) is 74.4 Å². The fourth-order valence-corrected chi connectivity index (χ4v) is 4.78. The van der Waals surface area contributed by atoms with E-state index in [0.717, 1.165) is 44.4 Å². The molecule has 0 saturated carbocycles. The van der Waals surface area contributed by atoms with Crippen molar-refractivity contribution in [3.63, 3.8) is 0 Å². The lowest BCUT2D eigenvalue weighted by Crippen LogP contribution is -2.34. The maximum absolute atomic E-state index is 13.0. The molecule has 0 radical (unpaired) electrons. The lowest BCUT2D eigenvalue weighted by molar-refractivity contribution is 0.0588. The van der Waals surface area contributed by atoms with Crippen LogP contribution in [0.1, 0.15) is 33.3 Å². The molecule has 178 valence electrons. The largest absolute Gasteiger partial charge is 0.492 e. The predicted molar refractivity (Wildman–Crippen MR) is 141 cm³/mol. The topological polar surface area (TPSA) is 67.5 Å². The number of methoxy groups -OCH3 is 1. The van der Waals surface area contributed by atoms with Crippen LogP contribution in [0.4, 0.5) is 10.5 Å². The highest BCUT2D eigenvalue weighted by Gasteiger charge is 2.26. The number of hydrogen-bond donors (Lipinski definition) is 1. The lowest BCUT2D eigenvalue weighted by Gasteiger charge is -2.26. The summed E-state index contributed by atoms with van der Waals surface area (Å²) in [6.07, 6.45) is 1.40. The number of ether oxygens (including phenoxy) is 2. The summed E-state index contributed by atoms with van der Waals surface area (Å²) in [5.41, 5.74) is 4.72. The average molecular weight is 478 g/mol. The van der Waals surface area contributed by atoms with Crippen molar-refractivity contribution in [2.45, 2.75) is 45.1 Å². The van der Waals surface area contributed by atoms with Gasteiger partial charge in [-0.25, -0.2) is 9.78 Å². The minimum Gasteiger partial charge on any atom is -0.492 e. The van der Waals surface area contributed by atoms with E-state index in [4.69, 9.17) is 9.47 Å². The molecule has 0 atom stereocenters. The Bertz CT molecular complexity index is 1370. The Kier molecular flexibility index (Phi) is 6.49. The summed E-state index contributed by atoms with van der Waals surface area (Å²) in [7, 11) is 3.32. The quantitative estimate of drug-likeness (QED) is 0.308. The second-order valence-corrected chi connectivity index (χ2v) is 10.6. The number of hydrogen-bond acceptors (Lipinski definition) is 5. The van der Waals surface area contributed by atoms with Crippen LogP contribution < -0.4 is 9.64 Å². The molecule has 2 aromatic carbocycles. The molecule has 0 unspecified atom stereocenters. The summed E-state index contributed by atoms with van der Waals surface area (Å²) >= 11 is 1.80. The van der Waals surface area contributed by atoms with Crippen LogP contribution in [0.15, 0.2) is 47.5 Å². The fraction of sp³-hybridized carbons (Fsp3) is 0.333. The summed E-state index contributed by atoms with van der Waals surface area (Å²) in [6.45, 7) is 9.74. The number of thioether (sulfide) groups is 1. The number of nitrogens with zero attached hydrogens (tertiary/aromatic N) is 2. The van der Waals surface area contributed by atoms with Crippen molar-refractivity contribution in [2.75, 3.05) is 24.8 Å². The van der Waals surface area contributed by atoms with Crippen LogP contribution in [-0.2, 0) is 4.74 Å². The maximum atomic E-state index is 13.0. The Morgan fingerprint density at radius 3 is 2.65 bits per heavy atom. The summed E-state index contributed by atoms with van der Waals surface area (Å²) in [5.74, 6) is 1.56. The molecule has 0 spiro atoms. The van der Waals surface area contributed by atoms with Gasteiger partial charge in [0.15, 0.2) is 5.75 Å². The molecule has 2 aromatic heterocycles. The zero-order chi connectivity index (χ0) is 24.6. The van der Waals surface area contributed by atoms with Crippen LogP contribution in [0.25, 0.3) is 33.1 Å². The Hall–Kier alpha value is -3.19. The monoisotopic (exact) mass is 477 g/mol. The number of carbonyl (C=O) groups is 1. The van der Waals surface area contributed by atoms with Crippen molar-refractivity contribution in [1.82, 2.24) is 9.97 Å². The molecule has 0 bridgehead atoms. The van der Waals surface area contributed by atoms with Crippen molar-refractivity contribution in [3.05, 3.63) is 48.2 Å². The van der Waals surface area contributed by atoms with Crippen LogP contribution in [-0.4, -0.2) is 41.6 Å². The highest BCUT2D eigenvalue weighted by atomic mass is 32.2. The molecular weight excluding hydrogens is 446 g/mol. The Labute approximate surface area is 204 Å². The van der Waals surface area contributed by atoms with Crippen LogP contribution in [0.2, 0.25) is 0 Å². The fourth-order valence-electron chi connectivity index (χ4n) is 4.06. The number of amides is 1. The Morgan fingerprint density at radius 2 is 1.97 bits per heavy atom. The van der Waals surface area contributed by atoms with Gasteiger partial charge in [-0.15, -0.1) is 11.8 Å². The Balaban J connectivity index is 2.04. The van der Waals surface area contributed by atoms with Crippen molar-refractivity contribution in [2.24, 2.45) is 0 Å². The minimum atomic E-state index is -0.611. The van der Waals surface area contributed by atoms with Gasteiger partial charge in [0, 0.05) is 28.9 Å². The van der Waals surface area contributed by atoms with Crippen molar-refractivity contribution in [1.29, 1.82) is 0 Å². The van der Waals surface area contributed by atoms with Crippen LogP contribution >= 0.6 is 11.8 Å². The third-order valence-corrected chi connectivity index (χ3v) is 6.36. The molecule has 0 aliphatic heterocycles. The molecule has 0 saturated heterocycles. The number of nitrogens with one attached hydrogen (secondary N) is 1. The lowest BCUT2D eigenvalue weighted by atomic mass is 9.97. The van der Waals surface area contributed by atoms with Gasteiger partial charge in [-0.2, -0.15) is 0 Å². The van der Waals surface area contributed by atoms with Gasteiger partial charge in [0.05, 0.1) is 18.3 Å². The standard InChI is InChI=1S/C27H31N3O3S/c1-8-34-18-11-9-10-17(13-18)19-14-21(30(6)26(31)33-27(3,4)5)24(32-7)23-22(19)20-12-16(2)15-28-25(20)29-23/h9-15H,8H2,1-7H3,(H,28,29). The van der Waals surface area contributed by atoms with E-state index in [1.165, 1.54) is 9.80 Å². The van der Waals surface area contributed by atoms with Gasteiger partial charge in [0.25, 0.3) is 0 Å². The molecule has 0 aliphatic rings. The summed E-state index contributed by atoms with van der Waals surface area (Å²) < 4.78 is 11.5. The average Bonchev–Trinajstić information content (AvgIpc) is 3.15. The molecule has 1 amide bonds. The number of fused-ring (bicyclic) bond motifs is 3. The van der Waals surface area contributed by atoms with Crippen LogP contribution in [0, 0.1) is 6.92 Å². The van der Waals surface area contributed by atoms with E-state index in [1.54, 1.807) is 25.9 Å². The SMILES string of the molecule is CCSc1cccc(-c2cc(N(C)C(=O)OC(C)(C)C)c(OC)c3[nH]c4ncc(C)cc4c23)c1. The number of anilines is 1. The van der Waals surface area contributed by atoms with E-state index < -0.39 is 11.7 Å². The molecular formula is C27H31N3O3S. The third-order valence-electron chi connectivity index (χ3n) is 5.49. The summed E-state index contributed by atoms with van der Waals surface area (Å²) in [6, 6.07) is 12.6. The predicted octanol–water partition coefficient (Wildman–Crippen LogP) is 7.18. The van der Waals surface area contributed by atoms with E-state index in [-0.39, 0.29) is 0 Å². The van der Waals surface area contributed by atoms with Gasteiger partial charge >= 0.3 is 6.09 Å². The van der Waals surface area contributed by atoms with E-state index in [9.17, 15) is 4.79 Å². The van der Waals surface area contributed by atoms with Crippen molar-refractivity contribution in [3.8, 4) is 16.9 Å². The first-order valence-corrected chi connectivity index (χ1v) is 12.3. The minimum absolute atomic E-state index is 0.448. The number of H-pyrrole nitrogens is 1. The van der Waals surface area contributed by atoms with E-state index in [2.05, 4.69) is 47.2 Å². The van der Waals surface area contributed by atoms with E-state index in [0.29, 0.717) is 11.4 Å². The number of rotatable bonds is 5. The molecule has 34 heavy (non-hydrogen) atoms. The first kappa shape index (κ1) is 24.0. The normalized spacial score (nSPS) is 11.7. The van der Waals surface area contributed by atoms with Gasteiger partial charge in [-0.1, -0.05) is 19.1 Å². The van der Waals surface area contributed by atoms with Crippen LogP contribution in [0.3, 0.4) is 0 Å². The number of aromatic nitrogens is 2. The smallest absolute Gasteiger partial charge is 0.414 e. The molecule has 4 rings (SSSR count). The third kappa shape index (κ3) is 4.57. The first-order chi connectivity index (χ1) is 16.1. The van der Waals surface area contributed by atoms with Crippen molar-refractivity contribution >= 4 is 45.5 Å². The van der Waals surface area contributed by atoms with Gasteiger partial charge in [0.1, 0.15) is 11.2 Å². The summed E-state index contributed by atoms with van der Waals surface area (Å²) in [4.78, 5) is 23.7. The molecule has 6 nitrogen and oxygen atoms in total. The zero-order valence-corrected chi connectivity index (χ0v) is 21.6. The number of benzene rings is 2. The van der Waals surface area contributed by atoms with Crippen LogP contribution in [0.5, 0.6) is 5.75 Å². The number of carbonyl (C=O) groups excluding carboxylic acids is 1. The number of aryl methyl sites for hydroxylation is 1. The second kappa shape index (κ2) is 9.22. The second-order valence-electron chi connectivity index (χ2n) is 9.26. The molecule has 1 N–H and O–H groups in total. The molecule has 2 heterocycles. The number of aromatic amines is 1. The highest BCUT2D eigenvalue weighted by molar-refractivity contribution is 7.99. The molecule has 0 aliphatic carbocycles. The summed E-state index contributed by atoms with van der Waals surface area (Å²) in [5, 5.41) is 2.03. The Morgan fingerprint density at radius 1 is 1.21 bits per heavy atom. The van der Waals surface area contributed by atoms with E-state index >= 15 is 0 Å². The van der Waals surface area contributed by atoms with Gasteiger partial charge in [0.2, 0.25) is 0 Å². The first-order valence-electron chi connectivity index (χ1n) is 11.3. The zero-order valence-electron chi connectivity index (χ0n) is 20.8. The molecule has 7 heteroatoms. The molecule has 4 aromatic rings. The maximum Gasteiger partial charge on any atom is 0.414 e. The highest BCUT2D eigenvalue weighted by Crippen LogP contribution is 2.45. The molecule has 0 fully saturated rings. The van der Waals surface area contributed by atoms with E-state index in [1.807, 2.05) is 40.0 Å².